The van der Waals surface area contributed by atoms with Gasteiger partial charge >= 0.3 is 0 Å². The Morgan fingerprint density at radius 3 is 2.26 bits per heavy atom. The molecule has 0 bridgehead atoms. The van der Waals surface area contributed by atoms with Crippen molar-refractivity contribution < 1.29 is 4.79 Å². The molecule has 1 unspecified atom stereocenters. The van der Waals surface area contributed by atoms with Crippen molar-refractivity contribution in [2.24, 2.45) is 4.99 Å². The summed E-state index contributed by atoms with van der Waals surface area (Å²) in [6.45, 7) is 4.14. The van der Waals surface area contributed by atoms with Crippen LogP contribution in [0.1, 0.15) is 55.1 Å². The zero-order valence-corrected chi connectivity index (χ0v) is 13.8. The molecule has 23 heavy (non-hydrogen) atoms. The number of allylic oxidation sites excluding steroid dienone is 1. The Bertz CT molecular complexity index is 682. The summed E-state index contributed by atoms with van der Waals surface area (Å²) >= 11 is 0. The van der Waals surface area contributed by atoms with Gasteiger partial charge in [0, 0.05) is 5.56 Å². The van der Waals surface area contributed by atoms with Gasteiger partial charge < -0.3 is 0 Å². The Kier molecular flexibility index (Phi) is 6.53. The highest BCUT2D eigenvalue weighted by molar-refractivity contribution is 6.13. The number of hydrogen-bond acceptors (Lipinski definition) is 2. The third-order valence-electron chi connectivity index (χ3n) is 3.77. The van der Waals surface area contributed by atoms with Crippen LogP contribution in [0, 0.1) is 0 Å². The molecule has 2 heteroatoms. The van der Waals surface area contributed by atoms with Gasteiger partial charge in [-0.25, -0.2) is 4.99 Å². The first-order valence-electron chi connectivity index (χ1n) is 8.18. The van der Waals surface area contributed by atoms with E-state index in [4.69, 9.17) is 0 Å². The molecule has 0 aliphatic heterocycles. The molecule has 0 fully saturated rings. The standard InChI is InChI=1S/C21H23NO/c1-3-4-11-20(21(23)19-14-9-6-10-15-19)16-22-17(2)18-12-7-5-8-13-18/h5-10,12-15,17H,3-4,11H2,1-2H3. The summed E-state index contributed by atoms with van der Waals surface area (Å²) in [5.41, 5.74) is 2.50. The minimum absolute atomic E-state index is 0.00333. The normalized spacial score (nSPS) is 11.4. The van der Waals surface area contributed by atoms with Crippen LogP contribution in [0.4, 0.5) is 0 Å². The van der Waals surface area contributed by atoms with Gasteiger partial charge in [-0.05, 0) is 31.2 Å². The molecule has 2 aromatic carbocycles. The van der Waals surface area contributed by atoms with E-state index in [-0.39, 0.29) is 11.8 Å². The zero-order valence-electron chi connectivity index (χ0n) is 13.8. The molecule has 0 amide bonds. The number of carbonyl (C=O) groups excluding carboxylic acids is 1. The van der Waals surface area contributed by atoms with E-state index in [1.807, 2.05) is 67.6 Å². The number of nitrogens with zero attached hydrogens (tertiary/aromatic N) is 1. The largest absolute Gasteiger partial charge is 0.288 e. The van der Waals surface area contributed by atoms with Crippen molar-refractivity contribution in [1.82, 2.24) is 0 Å². The molecule has 1 atom stereocenters. The van der Waals surface area contributed by atoms with Crippen LogP contribution in [0.5, 0.6) is 0 Å². The maximum absolute atomic E-state index is 12.6. The number of unbranched alkanes of at least 4 members (excludes halogenated alkanes) is 1. The average Bonchev–Trinajstić information content (AvgIpc) is 2.62. The van der Waals surface area contributed by atoms with Crippen LogP contribution < -0.4 is 0 Å². The lowest BCUT2D eigenvalue weighted by atomic mass is 10.00. The van der Waals surface area contributed by atoms with Crippen molar-refractivity contribution in [2.45, 2.75) is 39.2 Å². The average molecular weight is 305 g/mol. The van der Waals surface area contributed by atoms with Gasteiger partial charge in [-0.2, -0.15) is 0 Å². The fraction of sp³-hybridized carbons (Fsp3) is 0.286. The van der Waals surface area contributed by atoms with E-state index in [0.29, 0.717) is 11.1 Å². The molecule has 0 heterocycles. The monoisotopic (exact) mass is 305 g/mol. The first kappa shape index (κ1) is 16.9. The Morgan fingerprint density at radius 1 is 1.04 bits per heavy atom. The maximum atomic E-state index is 12.6. The van der Waals surface area contributed by atoms with Crippen molar-refractivity contribution in [3.63, 3.8) is 0 Å². The molecule has 0 aromatic heterocycles. The van der Waals surface area contributed by atoms with Gasteiger partial charge in [0.1, 0.15) is 0 Å². The van der Waals surface area contributed by atoms with Crippen molar-refractivity contribution in [2.75, 3.05) is 0 Å². The summed E-state index contributed by atoms with van der Waals surface area (Å²) in [6.07, 6.45) is 2.73. The lowest BCUT2D eigenvalue weighted by Gasteiger charge is -2.06. The molecule has 0 aliphatic carbocycles. The van der Waals surface area contributed by atoms with Crippen LogP contribution in [0.25, 0.3) is 0 Å². The Hall–Kier alpha value is -2.44. The summed E-state index contributed by atoms with van der Waals surface area (Å²) in [5, 5.41) is 0. The molecule has 0 aliphatic rings. The van der Waals surface area contributed by atoms with Crippen molar-refractivity contribution in [3.8, 4) is 0 Å². The zero-order chi connectivity index (χ0) is 16.5. The fourth-order valence-electron chi connectivity index (χ4n) is 2.32. The molecule has 118 valence electrons. The first-order chi connectivity index (χ1) is 11.2. The summed E-state index contributed by atoms with van der Waals surface area (Å²) in [7, 11) is 0. The lowest BCUT2D eigenvalue weighted by Crippen LogP contribution is -2.04. The highest BCUT2D eigenvalue weighted by Gasteiger charge is 2.12. The predicted molar refractivity (Wildman–Crippen MR) is 96.1 cm³/mol. The molecule has 0 saturated carbocycles. The van der Waals surface area contributed by atoms with Gasteiger partial charge in [0.15, 0.2) is 5.78 Å². The molecular formula is C21H23NO. The summed E-state index contributed by atoms with van der Waals surface area (Å²) in [5.74, 6) is 3.07. The minimum atomic E-state index is -0.00333. The van der Waals surface area contributed by atoms with E-state index in [1.165, 1.54) is 0 Å². The van der Waals surface area contributed by atoms with Gasteiger partial charge in [-0.15, -0.1) is 0 Å². The van der Waals surface area contributed by atoms with E-state index in [9.17, 15) is 4.79 Å². The van der Waals surface area contributed by atoms with E-state index >= 15 is 0 Å². The van der Waals surface area contributed by atoms with Gasteiger partial charge in [-0.1, -0.05) is 74.0 Å². The fourth-order valence-corrected chi connectivity index (χ4v) is 2.32. The van der Waals surface area contributed by atoms with Gasteiger partial charge in [0.05, 0.1) is 11.6 Å². The SMILES string of the molecule is CCCCC(=C=NC(C)c1ccccc1)C(=O)c1ccccc1. The number of benzene rings is 2. The predicted octanol–water partition coefficient (Wildman–Crippen LogP) is 5.42. The number of ketones is 1. The van der Waals surface area contributed by atoms with Crippen LogP contribution >= 0.6 is 0 Å². The third-order valence-corrected chi connectivity index (χ3v) is 3.77. The molecule has 0 N–H and O–H groups in total. The molecule has 2 rings (SSSR count). The van der Waals surface area contributed by atoms with Crippen LogP contribution in [-0.2, 0) is 0 Å². The number of aliphatic imine (C=N–C) groups is 1. The second-order valence-electron chi connectivity index (χ2n) is 5.60. The molecule has 2 aromatic rings. The smallest absolute Gasteiger partial charge is 0.198 e. The molecule has 0 spiro atoms. The van der Waals surface area contributed by atoms with Gasteiger partial charge in [0.2, 0.25) is 0 Å². The maximum Gasteiger partial charge on any atom is 0.198 e. The van der Waals surface area contributed by atoms with Crippen LogP contribution in [0.15, 0.2) is 71.2 Å². The van der Waals surface area contributed by atoms with Gasteiger partial charge in [0.25, 0.3) is 0 Å². The Morgan fingerprint density at radius 2 is 1.65 bits per heavy atom. The van der Waals surface area contributed by atoms with E-state index in [1.54, 1.807) is 0 Å². The number of rotatable bonds is 7. The molecular weight excluding hydrogens is 282 g/mol. The molecule has 0 radical (unpaired) electrons. The second kappa shape index (κ2) is 8.87. The van der Waals surface area contributed by atoms with Crippen LogP contribution in [0.2, 0.25) is 0 Å². The summed E-state index contributed by atoms with van der Waals surface area (Å²) < 4.78 is 0. The Labute approximate surface area is 138 Å². The number of hydrogen-bond donors (Lipinski definition) is 0. The second-order valence-corrected chi connectivity index (χ2v) is 5.60. The van der Waals surface area contributed by atoms with Crippen LogP contribution in [-0.4, -0.2) is 11.7 Å². The Balaban J connectivity index is 2.26. The topological polar surface area (TPSA) is 29.4 Å². The molecule has 2 nitrogen and oxygen atoms in total. The van der Waals surface area contributed by atoms with Crippen LogP contribution in [0.3, 0.4) is 0 Å². The minimum Gasteiger partial charge on any atom is -0.288 e. The summed E-state index contributed by atoms with van der Waals surface area (Å²) in [4.78, 5) is 17.1. The van der Waals surface area contributed by atoms with Gasteiger partial charge in [-0.3, -0.25) is 4.79 Å². The highest BCUT2D eigenvalue weighted by atomic mass is 16.1. The van der Waals surface area contributed by atoms with E-state index < -0.39 is 0 Å². The van der Waals surface area contributed by atoms with E-state index in [0.717, 1.165) is 24.8 Å². The van der Waals surface area contributed by atoms with Crippen molar-refractivity contribution in [3.05, 3.63) is 77.4 Å². The number of Topliss-reactive ketones (excluding diaryl/α,β-unsaturated/α-hetero) is 1. The first-order valence-corrected chi connectivity index (χ1v) is 8.18. The highest BCUT2D eigenvalue weighted by Crippen LogP contribution is 2.16. The lowest BCUT2D eigenvalue weighted by molar-refractivity contribution is 0.103. The number of carbonyl (C=O) groups is 1. The van der Waals surface area contributed by atoms with Crippen molar-refractivity contribution >= 4 is 11.7 Å². The van der Waals surface area contributed by atoms with E-state index in [2.05, 4.69) is 17.8 Å². The third kappa shape index (κ3) is 5.05. The molecule has 0 saturated heterocycles. The quantitative estimate of drug-likeness (QED) is 0.382. The summed E-state index contributed by atoms with van der Waals surface area (Å²) in [6, 6.07) is 19.4. The van der Waals surface area contributed by atoms with Crippen molar-refractivity contribution in [1.29, 1.82) is 0 Å².